The second kappa shape index (κ2) is 7.33. The Morgan fingerprint density at radius 3 is 2.85 bits per heavy atom. The first-order chi connectivity index (χ1) is 12.8. The monoisotopic (exact) mass is 374 g/mol. The normalized spacial score (nSPS) is 12.2. The molecule has 3 rings (SSSR count). The van der Waals surface area contributed by atoms with E-state index in [0.717, 1.165) is 0 Å². The molecule has 1 amide bonds. The van der Waals surface area contributed by atoms with E-state index in [1.165, 1.54) is 29.1 Å². The van der Waals surface area contributed by atoms with Crippen LogP contribution in [0.4, 0.5) is 5.95 Å². The molecule has 0 spiro atoms. The topological polar surface area (TPSA) is 179 Å². The van der Waals surface area contributed by atoms with Gasteiger partial charge in [-0.2, -0.15) is 4.98 Å². The summed E-state index contributed by atoms with van der Waals surface area (Å²) in [6, 6.07) is 3.91. The van der Waals surface area contributed by atoms with Crippen molar-refractivity contribution in [3.8, 4) is 11.5 Å². The molecule has 3 aromatic rings. The number of H-pyrrole nitrogens is 1. The maximum absolute atomic E-state index is 12.0. The Labute approximate surface area is 152 Å². The van der Waals surface area contributed by atoms with Gasteiger partial charge in [-0.3, -0.25) is 14.6 Å². The Morgan fingerprint density at radius 2 is 2.11 bits per heavy atom. The van der Waals surface area contributed by atoms with Gasteiger partial charge < -0.3 is 30.9 Å². The number of rotatable bonds is 6. The molecule has 0 radical (unpaired) electrons. The molecule has 0 fully saturated rings. The summed E-state index contributed by atoms with van der Waals surface area (Å²) >= 11 is 0. The van der Waals surface area contributed by atoms with Crippen LogP contribution in [-0.4, -0.2) is 47.3 Å². The first-order valence-corrected chi connectivity index (χ1v) is 8.02. The number of aromatic amines is 1. The van der Waals surface area contributed by atoms with Gasteiger partial charge in [0.1, 0.15) is 0 Å². The van der Waals surface area contributed by atoms with Crippen molar-refractivity contribution in [2.24, 2.45) is 0 Å². The average Bonchev–Trinajstić information content (AvgIpc) is 3.03. The number of aromatic nitrogens is 4. The van der Waals surface area contributed by atoms with Gasteiger partial charge in [0, 0.05) is 19.5 Å². The lowest BCUT2D eigenvalue weighted by Crippen LogP contribution is -2.29. The molecule has 2 heterocycles. The Kier molecular flexibility index (Phi) is 4.94. The lowest BCUT2D eigenvalue weighted by molar-refractivity contribution is -0.121. The van der Waals surface area contributed by atoms with Gasteiger partial charge in [-0.25, -0.2) is 4.98 Å². The van der Waals surface area contributed by atoms with Crippen molar-refractivity contribution in [3.63, 3.8) is 0 Å². The number of amides is 1. The number of nitrogens with one attached hydrogen (secondary N) is 2. The number of aliphatic hydroxyl groups excluding tert-OH is 1. The predicted molar refractivity (Wildman–Crippen MR) is 94.9 cm³/mol. The molecule has 0 aliphatic rings. The molecular weight excluding hydrogens is 356 g/mol. The lowest BCUT2D eigenvalue weighted by Gasteiger charge is -2.13. The van der Waals surface area contributed by atoms with Crippen LogP contribution in [0.15, 0.2) is 29.3 Å². The number of carbonyl (C=O) groups excluding carboxylic acids is 1. The summed E-state index contributed by atoms with van der Waals surface area (Å²) in [5.74, 6) is -1.03. The third-order valence-corrected chi connectivity index (χ3v) is 3.95. The van der Waals surface area contributed by atoms with Crippen LogP contribution < -0.4 is 16.6 Å². The molecule has 2 aromatic heterocycles. The Balaban J connectivity index is 1.57. The molecule has 1 aromatic carbocycles. The van der Waals surface area contributed by atoms with Crippen LogP contribution in [0.1, 0.15) is 18.1 Å². The average molecular weight is 374 g/mol. The van der Waals surface area contributed by atoms with Gasteiger partial charge in [0.2, 0.25) is 11.9 Å². The van der Waals surface area contributed by atoms with E-state index in [1.54, 1.807) is 0 Å². The number of aryl methyl sites for hydroxylation is 1. The molecule has 0 saturated carbocycles. The number of nitrogens with two attached hydrogens (primary N) is 1. The number of anilines is 1. The third kappa shape index (κ3) is 3.98. The number of nitrogen functional groups attached to an aromatic ring is 1. The highest BCUT2D eigenvalue weighted by Crippen LogP contribution is 2.27. The molecule has 11 heteroatoms. The standard InChI is InChI=1S/C16H18N6O5/c17-16-20-14-13(15(27)21-16)19-7-22(14)4-3-12(26)18-6-11(25)8-1-2-9(23)10(24)5-8/h1-2,5,7,11,23-25H,3-4,6H2,(H,18,26)(H3,17,20,21,27). The van der Waals surface area contributed by atoms with Gasteiger partial charge >= 0.3 is 0 Å². The fraction of sp³-hybridized carbons (Fsp3) is 0.250. The first kappa shape index (κ1) is 18.2. The predicted octanol–water partition coefficient (Wildman–Crippen LogP) is -0.647. The molecule has 7 N–H and O–H groups in total. The highest BCUT2D eigenvalue weighted by atomic mass is 16.3. The minimum absolute atomic E-state index is 0.0426. The van der Waals surface area contributed by atoms with E-state index in [0.29, 0.717) is 5.56 Å². The van der Waals surface area contributed by atoms with Gasteiger partial charge in [-0.1, -0.05) is 6.07 Å². The van der Waals surface area contributed by atoms with Crippen LogP contribution in [0.25, 0.3) is 11.2 Å². The largest absolute Gasteiger partial charge is 0.504 e. The molecule has 142 valence electrons. The number of phenols is 2. The number of carbonyl (C=O) groups is 1. The minimum atomic E-state index is -1.05. The fourth-order valence-electron chi connectivity index (χ4n) is 2.52. The van der Waals surface area contributed by atoms with E-state index in [-0.39, 0.29) is 54.0 Å². The quantitative estimate of drug-likeness (QED) is 0.308. The van der Waals surface area contributed by atoms with Crippen LogP contribution in [0.3, 0.4) is 0 Å². The van der Waals surface area contributed by atoms with Crippen LogP contribution in [-0.2, 0) is 11.3 Å². The molecule has 1 atom stereocenters. The molecule has 0 bridgehead atoms. The molecule has 27 heavy (non-hydrogen) atoms. The zero-order chi connectivity index (χ0) is 19.6. The third-order valence-electron chi connectivity index (χ3n) is 3.95. The maximum atomic E-state index is 12.0. The molecule has 0 aliphatic carbocycles. The maximum Gasteiger partial charge on any atom is 0.280 e. The van der Waals surface area contributed by atoms with Crippen LogP contribution in [0.5, 0.6) is 11.5 Å². The van der Waals surface area contributed by atoms with E-state index < -0.39 is 11.7 Å². The van der Waals surface area contributed by atoms with Gasteiger partial charge in [-0.15, -0.1) is 0 Å². The van der Waals surface area contributed by atoms with Gasteiger partial charge in [0.05, 0.1) is 12.4 Å². The first-order valence-electron chi connectivity index (χ1n) is 8.02. The van der Waals surface area contributed by atoms with E-state index in [4.69, 9.17) is 5.73 Å². The van der Waals surface area contributed by atoms with Crippen molar-refractivity contribution in [1.82, 2.24) is 24.8 Å². The van der Waals surface area contributed by atoms with Crippen molar-refractivity contribution in [3.05, 3.63) is 40.4 Å². The van der Waals surface area contributed by atoms with Crippen molar-refractivity contribution < 1.29 is 20.1 Å². The summed E-state index contributed by atoms with van der Waals surface area (Å²) in [7, 11) is 0. The number of phenolic OH excluding ortho intramolecular Hbond substituents is 2. The Morgan fingerprint density at radius 1 is 1.33 bits per heavy atom. The van der Waals surface area contributed by atoms with Crippen LogP contribution in [0, 0.1) is 0 Å². The van der Waals surface area contributed by atoms with Crippen molar-refractivity contribution >= 4 is 23.0 Å². The summed E-state index contributed by atoms with van der Waals surface area (Å²) in [6.45, 7) is 0.146. The second-order valence-electron chi connectivity index (χ2n) is 5.88. The summed E-state index contributed by atoms with van der Waals surface area (Å²) in [5, 5.41) is 31.3. The smallest absolute Gasteiger partial charge is 0.280 e. The molecule has 0 saturated heterocycles. The number of hydrogen-bond donors (Lipinski definition) is 6. The number of nitrogens with zero attached hydrogens (tertiary/aromatic N) is 3. The zero-order valence-corrected chi connectivity index (χ0v) is 14.1. The summed E-state index contributed by atoms with van der Waals surface area (Å²) < 4.78 is 1.54. The number of benzene rings is 1. The fourth-order valence-corrected chi connectivity index (χ4v) is 2.52. The Bertz CT molecular complexity index is 1040. The van der Waals surface area contributed by atoms with Gasteiger partial charge in [0.15, 0.2) is 22.7 Å². The minimum Gasteiger partial charge on any atom is -0.504 e. The van der Waals surface area contributed by atoms with E-state index in [9.17, 15) is 24.9 Å². The summed E-state index contributed by atoms with van der Waals surface area (Å²) in [5.41, 5.74) is 5.82. The van der Waals surface area contributed by atoms with Gasteiger partial charge in [0.25, 0.3) is 5.56 Å². The molecule has 1 unspecified atom stereocenters. The number of aromatic hydroxyl groups is 2. The van der Waals surface area contributed by atoms with E-state index in [2.05, 4.69) is 20.3 Å². The van der Waals surface area contributed by atoms with Gasteiger partial charge in [-0.05, 0) is 17.7 Å². The molecule has 0 aliphatic heterocycles. The van der Waals surface area contributed by atoms with Crippen LogP contribution in [0.2, 0.25) is 0 Å². The van der Waals surface area contributed by atoms with Crippen molar-refractivity contribution in [2.45, 2.75) is 19.1 Å². The van der Waals surface area contributed by atoms with Crippen molar-refractivity contribution in [1.29, 1.82) is 0 Å². The zero-order valence-electron chi connectivity index (χ0n) is 14.1. The number of aliphatic hydroxyl groups is 1. The second-order valence-corrected chi connectivity index (χ2v) is 5.88. The lowest BCUT2D eigenvalue weighted by atomic mass is 10.1. The summed E-state index contributed by atoms with van der Waals surface area (Å²) in [6.07, 6.45) is 0.413. The van der Waals surface area contributed by atoms with E-state index >= 15 is 0 Å². The van der Waals surface area contributed by atoms with E-state index in [1.807, 2.05) is 0 Å². The number of imidazole rings is 1. The highest BCUT2D eigenvalue weighted by Gasteiger charge is 2.13. The molecular formula is C16H18N6O5. The Hall–Kier alpha value is -3.60. The number of hydrogen-bond acceptors (Lipinski definition) is 8. The summed E-state index contributed by atoms with van der Waals surface area (Å²) in [4.78, 5) is 34.0. The highest BCUT2D eigenvalue weighted by molar-refractivity contribution is 5.76. The van der Waals surface area contributed by atoms with Crippen LogP contribution >= 0.6 is 0 Å². The SMILES string of the molecule is Nc1nc2c(ncn2CCC(=O)NCC(O)c2ccc(O)c(O)c2)c(=O)[nH]1. The van der Waals surface area contributed by atoms with Crippen molar-refractivity contribution in [2.75, 3.05) is 12.3 Å². The molecule has 11 nitrogen and oxygen atoms in total. The number of fused-ring (bicyclic) bond motifs is 1.